The van der Waals surface area contributed by atoms with E-state index in [0.29, 0.717) is 10.3 Å². The van der Waals surface area contributed by atoms with Crippen LogP contribution in [0.4, 0.5) is 8.78 Å². The van der Waals surface area contributed by atoms with Crippen molar-refractivity contribution in [3.63, 3.8) is 0 Å². The Morgan fingerprint density at radius 2 is 0.975 bits per heavy atom. The summed E-state index contributed by atoms with van der Waals surface area (Å²) in [6.45, 7) is 10.3. The third-order valence-corrected chi connectivity index (χ3v) is 9.58. The first-order chi connectivity index (χ1) is 18.7. The van der Waals surface area contributed by atoms with Crippen molar-refractivity contribution in [3.05, 3.63) is 71.3 Å². The van der Waals surface area contributed by atoms with Gasteiger partial charge in [-0.1, -0.05) is 47.8 Å². The second kappa shape index (κ2) is 12.8. The van der Waals surface area contributed by atoms with Gasteiger partial charge in [0.2, 0.25) is 11.8 Å². The van der Waals surface area contributed by atoms with E-state index in [1.807, 2.05) is 13.8 Å². The molecule has 0 aromatic heterocycles. The Morgan fingerprint density at radius 3 is 1.23 bits per heavy atom. The molecule has 40 heavy (non-hydrogen) atoms. The van der Waals surface area contributed by atoms with E-state index in [4.69, 9.17) is 0 Å². The van der Waals surface area contributed by atoms with Gasteiger partial charge in [-0.25, -0.2) is 8.78 Å². The van der Waals surface area contributed by atoms with E-state index >= 15 is 0 Å². The zero-order valence-corrected chi connectivity index (χ0v) is 24.7. The number of amidine groups is 2. The second-order valence-electron chi connectivity index (χ2n) is 10.0. The molecule has 2 saturated heterocycles. The Balaban J connectivity index is 0.000000220. The van der Waals surface area contributed by atoms with Gasteiger partial charge in [-0.05, 0) is 76.9 Å². The number of aliphatic imine (C=N–C) groups is 2. The molecule has 2 aliphatic heterocycles. The third-order valence-electron chi connectivity index (χ3n) is 6.88. The highest BCUT2D eigenvalue weighted by molar-refractivity contribution is 8.16. The van der Waals surface area contributed by atoms with Crippen molar-refractivity contribution in [1.29, 1.82) is 0 Å². The van der Waals surface area contributed by atoms with E-state index in [1.165, 1.54) is 47.8 Å². The summed E-state index contributed by atoms with van der Waals surface area (Å²) < 4.78 is 23.9. The van der Waals surface area contributed by atoms with Crippen LogP contribution in [0, 0.1) is 11.6 Å². The number of carbonyl (C=O) groups excluding carboxylic acids is 2. The van der Waals surface area contributed by atoms with Gasteiger partial charge in [0.05, 0.1) is 24.3 Å². The van der Waals surface area contributed by atoms with E-state index in [2.05, 4.69) is 20.6 Å². The lowest BCUT2D eigenvalue weighted by Crippen LogP contribution is -2.42. The van der Waals surface area contributed by atoms with Crippen LogP contribution in [0.15, 0.2) is 58.5 Å². The number of aliphatic hydroxyl groups is 2. The van der Waals surface area contributed by atoms with E-state index < -0.39 is 21.7 Å². The average Bonchev–Trinajstić information content (AvgIpc) is 3.34. The lowest BCUT2D eigenvalue weighted by atomic mass is 10.1. The number of hydrogen-bond acceptors (Lipinski definition) is 8. The van der Waals surface area contributed by atoms with Crippen LogP contribution in [0.2, 0.25) is 0 Å². The molecule has 0 spiro atoms. The number of carbonyl (C=O) groups is 2. The molecule has 0 bridgehead atoms. The fourth-order valence-electron chi connectivity index (χ4n) is 3.64. The van der Waals surface area contributed by atoms with E-state index in [1.54, 1.807) is 52.0 Å². The van der Waals surface area contributed by atoms with Crippen molar-refractivity contribution < 1.29 is 28.6 Å². The molecule has 0 aliphatic carbocycles. The molecule has 2 amide bonds. The molecule has 4 rings (SSSR count). The summed E-state index contributed by atoms with van der Waals surface area (Å²) in [6, 6.07) is 11.8. The molecule has 2 aromatic rings. The molecule has 2 aliphatic rings. The van der Waals surface area contributed by atoms with Gasteiger partial charge >= 0.3 is 0 Å². The number of benzene rings is 2. The second-order valence-corrected chi connectivity index (χ2v) is 12.9. The van der Waals surface area contributed by atoms with Crippen LogP contribution >= 0.6 is 23.5 Å². The number of aliphatic hydroxyl groups excluding tert-OH is 2. The minimum Gasteiger partial charge on any atom is -0.391 e. The third kappa shape index (κ3) is 7.28. The van der Waals surface area contributed by atoms with E-state index in [0.717, 1.165) is 11.1 Å². The molecule has 2 aromatic carbocycles. The minimum atomic E-state index is -0.915. The standard InChI is InChI=1S/2C14H17FN2O2S/c2*1-8(10-4-6-11(15)7-5-10)16-13-17-12(19)14(3,20-13)9(2)18/h2*4-9,18H,1-3H3,(H,16,17,19)/t2*8-,9?,14+/m00/s1. The quantitative estimate of drug-likeness (QED) is 0.392. The van der Waals surface area contributed by atoms with Gasteiger partial charge in [-0.2, -0.15) is 0 Å². The van der Waals surface area contributed by atoms with Gasteiger partial charge in [0.15, 0.2) is 10.3 Å². The zero-order valence-electron chi connectivity index (χ0n) is 23.1. The number of hydrogen-bond donors (Lipinski definition) is 4. The molecular formula is C28H34F2N4O4S2. The first kappa shape index (κ1) is 31.7. The summed E-state index contributed by atoms with van der Waals surface area (Å²) in [5.41, 5.74) is 1.72. The summed E-state index contributed by atoms with van der Waals surface area (Å²) in [5, 5.41) is 25.7. The SMILES string of the molecule is CC(O)[C@@]1(C)SC(=N[C@@H](C)c2ccc(F)cc2)NC1=O.CC(O)[C@@]1(C)SC(=N[C@@H](C)c2ccc(F)cc2)NC1=O. The molecule has 2 fully saturated rings. The van der Waals surface area contributed by atoms with Crippen molar-refractivity contribution in [2.24, 2.45) is 9.98 Å². The predicted octanol–water partition coefficient (Wildman–Crippen LogP) is 4.49. The lowest BCUT2D eigenvalue weighted by molar-refractivity contribution is -0.124. The predicted molar refractivity (Wildman–Crippen MR) is 156 cm³/mol. The van der Waals surface area contributed by atoms with Crippen LogP contribution in [0.5, 0.6) is 0 Å². The summed E-state index contributed by atoms with van der Waals surface area (Å²) >= 11 is 2.44. The van der Waals surface area contributed by atoms with Gasteiger partial charge in [-0.3, -0.25) is 19.6 Å². The highest BCUT2D eigenvalue weighted by Gasteiger charge is 2.47. The molecule has 0 saturated carbocycles. The smallest absolute Gasteiger partial charge is 0.245 e. The van der Waals surface area contributed by atoms with Crippen LogP contribution in [0.1, 0.15) is 64.8 Å². The fourth-order valence-corrected chi connectivity index (χ4v) is 5.78. The maximum atomic E-state index is 12.9. The zero-order chi connectivity index (χ0) is 29.8. The van der Waals surface area contributed by atoms with Gasteiger partial charge in [0.1, 0.15) is 21.1 Å². The fraction of sp³-hybridized carbons (Fsp3) is 0.429. The van der Waals surface area contributed by atoms with Crippen LogP contribution in [-0.4, -0.2) is 54.1 Å². The van der Waals surface area contributed by atoms with Crippen molar-refractivity contribution in [2.75, 3.05) is 0 Å². The number of nitrogens with zero attached hydrogens (tertiary/aromatic N) is 2. The van der Waals surface area contributed by atoms with Crippen molar-refractivity contribution in [3.8, 4) is 0 Å². The summed E-state index contributed by atoms with van der Waals surface area (Å²) in [7, 11) is 0. The highest BCUT2D eigenvalue weighted by atomic mass is 32.2. The maximum Gasteiger partial charge on any atom is 0.245 e. The molecule has 216 valence electrons. The average molecular weight is 593 g/mol. The summed E-state index contributed by atoms with van der Waals surface area (Å²) in [4.78, 5) is 32.6. The number of halogens is 2. The first-order valence-electron chi connectivity index (χ1n) is 12.7. The van der Waals surface area contributed by atoms with Gasteiger partial charge in [-0.15, -0.1) is 0 Å². The molecular weight excluding hydrogens is 558 g/mol. The number of rotatable bonds is 6. The Bertz CT molecular complexity index is 1190. The number of nitrogens with one attached hydrogen (secondary N) is 2. The van der Waals surface area contributed by atoms with Crippen LogP contribution in [-0.2, 0) is 9.59 Å². The Labute approximate surface area is 241 Å². The monoisotopic (exact) mass is 592 g/mol. The Hall–Kier alpha value is -2.80. The van der Waals surface area contributed by atoms with Crippen LogP contribution in [0.3, 0.4) is 0 Å². The van der Waals surface area contributed by atoms with Crippen LogP contribution < -0.4 is 10.6 Å². The maximum absolute atomic E-state index is 12.9. The van der Waals surface area contributed by atoms with E-state index in [-0.39, 0.29) is 35.5 Å². The molecule has 0 radical (unpaired) electrons. The molecule has 8 nitrogen and oxygen atoms in total. The summed E-state index contributed by atoms with van der Waals surface area (Å²) in [6.07, 6.45) is -1.55. The van der Waals surface area contributed by atoms with Gasteiger partial charge < -0.3 is 20.8 Å². The molecule has 2 unspecified atom stereocenters. The van der Waals surface area contributed by atoms with E-state index in [9.17, 15) is 28.6 Å². The number of thioether (sulfide) groups is 2. The highest BCUT2D eigenvalue weighted by Crippen LogP contribution is 2.37. The van der Waals surface area contributed by atoms with Gasteiger partial charge in [0.25, 0.3) is 0 Å². The Morgan fingerprint density at radius 1 is 0.675 bits per heavy atom. The first-order valence-corrected chi connectivity index (χ1v) is 14.3. The topological polar surface area (TPSA) is 123 Å². The molecule has 12 heteroatoms. The molecule has 4 N–H and O–H groups in total. The summed E-state index contributed by atoms with van der Waals surface area (Å²) in [5.74, 6) is -1.08. The largest absolute Gasteiger partial charge is 0.391 e. The van der Waals surface area contributed by atoms with Crippen LogP contribution in [0.25, 0.3) is 0 Å². The van der Waals surface area contributed by atoms with Gasteiger partial charge in [0, 0.05) is 0 Å². The molecule has 2 heterocycles. The number of amides is 2. The van der Waals surface area contributed by atoms with Crippen molar-refractivity contribution in [1.82, 2.24) is 10.6 Å². The van der Waals surface area contributed by atoms with Crippen molar-refractivity contribution >= 4 is 45.7 Å². The van der Waals surface area contributed by atoms with Crippen molar-refractivity contribution in [2.45, 2.75) is 75.3 Å². The molecule has 6 atom stereocenters. The lowest BCUT2D eigenvalue weighted by Gasteiger charge is -2.21. The minimum absolute atomic E-state index is 0.199. The normalized spacial score (nSPS) is 27.4. The Kier molecular flexibility index (Phi) is 10.2.